The monoisotopic (exact) mass is 290 g/mol. The fourth-order valence-corrected chi connectivity index (χ4v) is 1.54. The van der Waals surface area contributed by atoms with Gasteiger partial charge in [0.15, 0.2) is 6.61 Å². The summed E-state index contributed by atoms with van der Waals surface area (Å²) in [7, 11) is 0. The highest BCUT2D eigenvalue weighted by atomic mass is 16.5. The zero-order chi connectivity index (χ0) is 15.9. The Morgan fingerprint density at radius 2 is 2.14 bits per heavy atom. The second-order valence-corrected chi connectivity index (χ2v) is 5.72. The molecule has 1 heterocycles. The van der Waals surface area contributed by atoms with E-state index < -0.39 is 0 Å². The van der Waals surface area contributed by atoms with Gasteiger partial charge in [-0.15, -0.1) is 0 Å². The van der Waals surface area contributed by atoms with Gasteiger partial charge in [-0.1, -0.05) is 0 Å². The number of carbonyl (C=O) groups excluding carboxylic acids is 1. The van der Waals surface area contributed by atoms with Gasteiger partial charge in [0.25, 0.3) is 5.91 Å². The lowest BCUT2D eigenvalue weighted by molar-refractivity contribution is -0.122. The van der Waals surface area contributed by atoms with Gasteiger partial charge in [-0.2, -0.15) is 5.26 Å². The lowest BCUT2D eigenvalue weighted by atomic mass is 10.1. The van der Waals surface area contributed by atoms with E-state index in [2.05, 4.69) is 36.4 Å². The Morgan fingerprint density at radius 3 is 2.76 bits per heavy atom. The van der Waals surface area contributed by atoms with Crippen LogP contribution < -0.4 is 15.4 Å². The van der Waals surface area contributed by atoms with Crippen molar-refractivity contribution < 1.29 is 9.53 Å². The van der Waals surface area contributed by atoms with Gasteiger partial charge in [0, 0.05) is 17.8 Å². The SMILES string of the molecule is Cc1ccc(OCC(=O)NCC#N)c(CNC(C)(C)C)n1. The molecule has 21 heavy (non-hydrogen) atoms. The molecule has 0 spiro atoms. The number of pyridine rings is 1. The van der Waals surface area contributed by atoms with Crippen molar-refractivity contribution in [3.05, 3.63) is 23.5 Å². The molecule has 6 heteroatoms. The molecule has 0 aliphatic heterocycles. The van der Waals surface area contributed by atoms with Crippen LogP contribution in [0.3, 0.4) is 0 Å². The topological polar surface area (TPSA) is 87.0 Å². The molecule has 0 aromatic carbocycles. The molecule has 6 nitrogen and oxygen atoms in total. The molecule has 114 valence electrons. The molecule has 0 atom stereocenters. The predicted molar refractivity (Wildman–Crippen MR) is 79.7 cm³/mol. The van der Waals surface area contributed by atoms with Crippen LogP contribution >= 0.6 is 0 Å². The summed E-state index contributed by atoms with van der Waals surface area (Å²) < 4.78 is 5.49. The van der Waals surface area contributed by atoms with E-state index in [0.717, 1.165) is 11.4 Å². The van der Waals surface area contributed by atoms with Crippen molar-refractivity contribution in [1.82, 2.24) is 15.6 Å². The van der Waals surface area contributed by atoms with Crippen LogP contribution in [0.15, 0.2) is 12.1 Å². The van der Waals surface area contributed by atoms with E-state index in [1.807, 2.05) is 19.1 Å². The Labute approximate surface area is 125 Å². The quantitative estimate of drug-likeness (QED) is 0.771. The lowest BCUT2D eigenvalue weighted by Gasteiger charge is -2.21. The van der Waals surface area contributed by atoms with Gasteiger partial charge in [0.1, 0.15) is 12.3 Å². The number of aryl methyl sites for hydroxylation is 1. The Bertz CT molecular complexity index is 529. The summed E-state index contributed by atoms with van der Waals surface area (Å²) in [6, 6.07) is 5.48. The molecule has 1 rings (SSSR count). The Kier molecular flexibility index (Phi) is 6.12. The molecule has 1 aromatic rings. The molecule has 0 aliphatic rings. The van der Waals surface area contributed by atoms with Gasteiger partial charge in [0.2, 0.25) is 0 Å². The minimum atomic E-state index is -0.327. The number of nitriles is 1. The van der Waals surface area contributed by atoms with Crippen LogP contribution in [0.5, 0.6) is 5.75 Å². The summed E-state index contributed by atoms with van der Waals surface area (Å²) >= 11 is 0. The normalized spacial score (nSPS) is 10.8. The van der Waals surface area contributed by atoms with Crippen molar-refractivity contribution in [2.45, 2.75) is 39.8 Å². The number of nitrogens with zero attached hydrogens (tertiary/aromatic N) is 2. The third-order valence-electron chi connectivity index (χ3n) is 2.58. The number of rotatable bonds is 6. The average molecular weight is 290 g/mol. The zero-order valence-corrected chi connectivity index (χ0v) is 13.0. The molecule has 0 radical (unpaired) electrons. The first-order chi connectivity index (χ1) is 9.81. The predicted octanol–water partition coefficient (Wildman–Crippen LogP) is 1.30. The molecule has 0 aliphatic carbocycles. The minimum absolute atomic E-state index is 0.0211. The van der Waals surface area contributed by atoms with Gasteiger partial charge in [-0.3, -0.25) is 9.78 Å². The summed E-state index contributed by atoms with van der Waals surface area (Å²) in [5, 5.41) is 14.2. The number of hydrogen-bond donors (Lipinski definition) is 2. The summed E-state index contributed by atoms with van der Waals surface area (Å²) in [5.41, 5.74) is 1.62. The highest BCUT2D eigenvalue weighted by Crippen LogP contribution is 2.17. The van der Waals surface area contributed by atoms with Crippen LogP contribution in [-0.4, -0.2) is 29.6 Å². The molecule has 0 saturated carbocycles. The van der Waals surface area contributed by atoms with Crippen LogP contribution in [-0.2, 0) is 11.3 Å². The van der Waals surface area contributed by atoms with Crippen LogP contribution in [0.2, 0.25) is 0 Å². The van der Waals surface area contributed by atoms with Crippen molar-refractivity contribution in [1.29, 1.82) is 5.26 Å². The average Bonchev–Trinajstić information content (AvgIpc) is 2.41. The van der Waals surface area contributed by atoms with Crippen molar-refractivity contribution in [3.63, 3.8) is 0 Å². The molecular weight excluding hydrogens is 268 g/mol. The maximum absolute atomic E-state index is 11.4. The van der Waals surface area contributed by atoms with Gasteiger partial charge in [-0.05, 0) is 39.8 Å². The number of hydrogen-bond acceptors (Lipinski definition) is 5. The fourth-order valence-electron chi connectivity index (χ4n) is 1.54. The smallest absolute Gasteiger partial charge is 0.258 e. The van der Waals surface area contributed by atoms with Crippen LogP contribution in [0.4, 0.5) is 0 Å². The molecular formula is C15H22N4O2. The Balaban J connectivity index is 2.68. The standard InChI is InChI=1S/C15H22N4O2/c1-11-5-6-13(21-10-14(20)17-8-7-16)12(19-11)9-18-15(2,3)4/h5-6,18H,8-10H2,1-4H3,(H,17,20). The van der Waals surface area contributed by atoms with E-state index in [-0.39, 0.29) is 24.6 Å². The minimum Gasteiger partial charge on any atom is -0.482 e. The largest absolute Gasteiger partial charge is 0.482 e. The van der Waals surface area contributed by atoms with E-state index in [0.29, 0.717) is 12.3 Å². The van der Waals surface area contributed by atoms with Gasteiger partial charge in [0.05, 0.1) is 11.8 Å². The Morgan fingerprint density at radius 1 is 1.43 bits per heavy atom. The zero-order valence-electron chi connectivity index (χ0n) is 13.0. The third-order valence-corrected chi connectivity index (χ3v) is 2.58. The third kappa shape index (κ3) is 6.72. The van der Waals surface area contributed by atoms with Crippen LogP contribution in [0, 0.1) is 18.3 Å². The molecule has 1 aromatic heterocycles. The maximum Gasteiger partial charge on any atom is 0.258 e. The first-order valence-electron chi connectivity index (χ1n) is 6.80. The van der Waals surface area contributed by atoms with Crippen molar-refractivity contribution >= 4 is 5.91 Å². The number of amides is 1. The molecule has 0 fully saturated rings. The first-order valence-corrected chi connectivity index (χ1v) is 6.80. The van der Waals surface area contributed by atoms with E-state index in [9.17, 15) is 4.79 Å². The van der Waals surface area contributed by atoms with Gasteiger partial charge >= 0.3 is 0 Å². The molecule has 0 bridgehead atoms. The summed E-state index contributed by atoms with van der Waals surface area (Å²) in [6.07, 6.45) is 0. The van der Waals surface area contributed by atoms with E-state index in [1.54, 1.807) is 6.07 Å². The van der Waals surface area contributed by atoms with E-state index in [1.165, 1.54) is 0 Å². The second-order valence-electron chi connectivity index (χ2n) is 5.72. The summed E-state index contributed by atoms with van der Waals surface area (Å²) in [6.45, 7) is 8.52. The first kappa shape index (κ1) is 16.9. The Hall–Kier alpha value is -2.13. The van der Waals surface area contributed by atoms with Crippen LogP contribution in [0.1, 0.15) is 32.2 Å². The highest BCUT2D eigenvalue weighted by Gasteiger charge is 2.13. The van der Waals surface area contributed by atoms with E-state index >= 15 is 0 Å². The van der Waals surface area contributed by atoms with E-state index in [4.69, 9.17) is 10.00 Å². The summed E-state index contributed by atoms with van der Waals surface area (Å²) in [4.78, 5) is 15.9. The molecule has 1 amide bonds. The number of nitrogens with one attached hydrogen (secondary N) is 2. The maximum atomic E-state index is 11.4. The molecule has 0 saturated heterocycles. The fraction of sp³-hybridized carbons (Fsp3) is 0.533. The summed E-state index contributed by atoms with van der Waals surface area (Å²) in [5.74, 6) is 0.247. The van der Waals surface area contributed by atoms with Crippen LogP contribution in [0.25, 0.3) is 0 Å². The number of aromatic nitrogens is 1. The molecule has 2 N–H and O–H groups in total. The number of carbonyl (C=O) groups is 1. The van der Waals surface area contributed by atoms with Gasteiger partial charge < -0.3 is 15.4 Å². The number of ether oxygens (including phenoxy) is 1. The highest BCUT2D eigenvalue weighted by molar-refractivity contribution is 5.77. The van der Waals surface area contributed by atoms with Crippen molar-refractivity contribution in [3.8, 4) is 11.8 Å². The van der Waals surface area contributed by atoms with Gasteiger partial charge in [-0.25, -0.2) is 0 Å². The van der Waals surface area contributed by atoms with Crippen molar-refractivity contribution in [2.75, 3.05) is 13.2 Å². The second kappa shape index (κ2) is 7.60. The molecule has 0 unspecified atom stereocenters. The lowest BCUT2D eigenvalue weighted by Crippen LogP contribution is -2.35. The van der Waals surface area contributed by atoms with Crippen molar-refractivity contribution in [2.24, 2.45) is 0 Å².